The van der Waals surface area contributed by atoms with Gasteiger partial charge in [-0.2, -0.15) is 4.57 Å². The van der Waals surface area contributed by atoms with Crippen LogP contribution in [0.15, 0.2) is 59.5 Å². The summed E-state index contributed by atoms with van der Waals surface area (Å²) < 4.78 is 72.8. The normalized spacial score (nSPS) is 11.6. The lowest BCUT2D eigenvalue weighted by Crippen LogP contribution is -2.32. The Kier molecular flexibility index (Phi) is 7.93. The molecule has 0 aliphatic rings. The van der Waals surface area contributed by atoms with Crippen LogP contribution in [0, 0.1) is 0 Å². The van der Waals surface area contributed by atoms with Crippen LogP contribution in [-0.4, -0.2) is 46.7 Å². The van der Waals surface area contributed by atoms with Gasteiger partial charge in [0.05, 0.1) is 36.6 Å². The van der Waals surface area contributed by atoms with E-state index >= 15 is 0 Å². The van der Waals surface area contributed by atoms with Crippen LogP contribution >= 0.6 is 10.7 Å². The third-order valence-electron chi connectivity index (χ3n) is 5.41. The Morgan fingerprint density at radius 3 is 2.08 bits per heavy atom. The topological polar surface area (TPSA) is 151 Å². The van der Waals surface area contributed by atoms with Gasteiger partial charge in [0.2, 0.25) is 11.0 Å². The first-order chi connectivity index (χ1) is 17.2. The van der Waals surface area contributed by atoms with E-state index in [9.17, 15) is 22.2 Å². The van der Waals surface area contributed by atoms with E-state index in [0.717, 1.165) is 0 Å². The maximum atomic E-state index is 12.5. The van der Waals surface area contributed by atoms with Crippen LogP contribution in [0.2, 0.25) is 0 Å². The fraction of sp³-hybridized carbons (Fsp3) is 0.130. The molecule has 196 valence electrons. The Morgan fingerprint density at radius 2 is 1.59 bits per heavy atom. The number of nitrogens with zero attached hydrogens (tertiary/aromatic N) is 1. The minimum absolute atomic E-state index is 0.0194. The van der Waals surface area contributed by atoms with Crippen LogP contribution < -0.4 is 14.0 Å². The molecule has 10 nitrogen and oxygen atoms in total. The number of benzene rings is 3. The van der Waals surface area contributed by atoms with Crippen molar-refractivity contribution >= 4 is 58.0 Å². The number of hydrogen-bond donors (Lipinski definition) is 1. The van der Waals surface area contributed by atoms with Crippen molar-refractivity contribution in [3.8, 4) is 22.6 Å². The van der Waals surface area contributed by atoms with Crippen molar-refractivity contribution in [3.05, 3.63) is 60.2 Å². The molecule has 0 spiro atoms. The van der Waals surface area contributed by atoms with Crippen LogP contribution in [0.25, 0.3) is 32.9 Å². The monoisotopic (exact) mass is 571 g/mol. The molecule has 4 rings (SSSR count). The van der Waals surface area contributed by atoms with E-state index in [0.29, 0.717) is 38.7 Å². The molecule has 0 radical (unpaired) electrons. The van der Waals surface area contributed by atoms with Crippen molar-refractivity contribution in [1.82, 2.24) is 0 Å². The SMILES string of the molecule is COc1ccc2c(C(=O)O)c3c(-c4ccccc4)c(OC)c(S(=O)(=O)Cl)cc3[n+](C)c2c1.O=S(=O)([O-])F. The van der Waals surface area contributed by atoms with Gasteiger partial charge in [-0.1, -0.05) is 30.3 Å². The van der Waals surface area contributed by atoms with Gasteiger partial charge in [0.1, 0.15) is 23.4 Å². The molecule has 0 saturated heterocycles. The summed E-state index contributed by atoms with van der Waals surface area (Å²) in [6, 6.07) is 15.3. The number of fused-ring (bicyclic) bond motifs is 2. The van der Waals surface area contributed by atoms with Crippen molar-refractivity contribution in [2.24, 2.45) is 7.05 Å². The van der Waals surface area contributed by atoms with E-state index in [1.54, 1.807) is 60.1 Å². The summed E-state index contributed by atoms with van der Waals surface area (Å²) in [5, 5.41) is 11.0. The summed E-state index contributed by atoms with van der Waals surface area (Å²) in [6.45, 7) is 0. The molecule has 4 aromatic rings. The number of rotatable bonds is 5. The van der Waals surface area contributed by atoms with Crippen LogP contribution in [0.5, 0.6) is 11.5 Å². The van der Waals surface area contributed by atoms with E-state index in [-0.39, 0.29) is 16.2 Å². The number of hydrogen-bond acceptors (Lipinski definition) is 8. The van der Waals surface area contributed by atoms with Crippen molar-refractivity contribution in [2.45, 2.75) is 4.90 Å². The first-order valence-corrected chi connectivity index (χ1v) is 13.7. The molecule has 1 N–H and O–H groups in total. The Balaban J connectivity index is 0.000000695. The molecule has 14 heteroatoms. The van der Waals surface area contributed by atoms with Gasteiger partial charge in [0, 0.05) is 22.3 Å². The maximum Gasteiger partial charge on any atom is 0.337 e. The molecule has 0 bridgehead atoms. The van der Waals surface area contributed by atoms with E-state index < -0.39 is 25.5 Å². The first-order valence-electron chi connectivity index (χ1n) is 10.1. The molecular formula is C23H19ClFNO9S2. The summed E-state index contributed by atoms with van der Waals surface area (Å²) in [7, 11) is 0.691. The van der Waals surface area contributed by atoms with Crippen molar-refractivity contribution in [1.29, 1.82) is 0 Å². The molecule has 37 heavy (non-hydrogen) atoms. The van der Waals surface area contributed by atoms with E-state index in [1.165, 1.54) is 20.3 Å². The smallest absolute Gasteiger partial charge is 0.337 e. The molecule has 3 aromatic carbocycles. The molecule has 0 atom stereocenters. The minimum Gasteiger partial charge on any atom is -0.722 e. The van der Waals surface area contributed by atoms with Gasteiger partial charge in [-0.15, -0.1) is 3.89 Å². The third kappa shape index (κ3) is 5.91. The number of aryl methyl sites for hydroxylation is 1. The van der Waals surface area contributed by atoms with Crippen molar-refractivity contribution in [3.63, 3.8) is 0 Å². The fourth-order valence-corrected chi connectivity index (χ4v) is 5.03. The highest BCUT2D eigenvalue weighted by molar-refractivity contribution is 8.13. The number of pyridine rings is 1. The fourth-order valence-electron chi connectivity index (χ4n) is 4.02. The highest BCUT2D eigenvalue weighted by Crippen LogP contribution is 2.44. The van der Waals surface area contributed by atoms with Gasteiger partial charge in [0.15, 0.2) is 0 Å². The molecule has 1 aromatic heterocycles. The van der Waals surface area contributed by atoms with E-state index in [2.05, 4.69) is 0 Å². The number of carbonyl (C=O) groups is 1. The average molecular weight is 572 g/mol. The number of aromatic carboxylic acids is 1. The van der Waals surface area contributed by atoms with Gasteiger partial charge in [0.25, 0.3) is 19.6 Å². The molecule has 0 aliphatic carbocycles. The number of halogens is 2. The predicted octanol–water partition coefficient (Wildman–Crippen LogP) is 3.54. The molecule has 0 amide bonds. The number of carboxylic acids is 1. The van der Waals surface area contributed by atoms with Crippen LogP contribution in [-0.2, 0) is 26.6 Å². The van der Waals surface area contributed by atoms with Gasteiger partial charge < -0.3 is 19.1 Å². The minimum atomic E-state index is -5.42. The van der Waals surface area contributed by atoms with Crippen LogP contribution in [0.3, 0.4) is 0 Å². The summed E-state index contributed by atoms with van der Waals surface area (Å²) in [6.07, 6.45) is 0. The molecular weight excluding hydrogens is 553 g/mol. The Bertz CT molecular complexity index is 1740. The number of ether oxygens (including phenoxy) is 2. The quantitative estimate of drug-likeness (QED) is 0.164. The number of carboxylic acid groups (broad SMARTS) is 1. The van der Waals surface area contributed by atoms with Gasteiger partial charge in [-0.3, -0.25) is 0 Å². The zero-order valence-electron chi connectivity index (χ0n) is 19.4. The number of aromatic nitrogens is 1. The van der Waals surface area contributed by atoms with E-state index in [1.807, 2.05) is 0 Å². The molecule has 0 unspecified atom stereocenters. The molecule has 0 fully saturated rings. The second-order valence-corrected chi connectivity index (χ2v) is 10.8. The zero-order valence-corrected chi connectivity index (χ0v) is 21.8. The average Bonchev–Trinajstić information content (AvgIpc) is 2.81. The second-order valence-electron chi connectivity index (χ2n) is 7.50. The summed E-state index contributed by atoms with van der Waals surface area (Å²) in [5.74, 6) is -0.647. The number of methoxy groups -OCH3 is 2. The molecule has 0 saturated carbocycles. The van der Waals surface area contributed by atoms with Gasteiger partial charge in [-0.25, -0.2) is 21.6 Å². The second kappa shape index (κ2) is 10.5. The highest BCUT2D eigenvalue weighted by Gasteiger charge is 2.32. The predicted molar refractivity (Wildman–Crippen MR) is 132 cm³/mol. The lowest BCUT2D eigenvalue weighted by molar-refractivity contribution is -0.617. The summed E-state index contributed by atoms with van der Waals surface area (Å²) >= 11 is 0. The lowest BCUT2D eigenvalue weighted by atomic mass is 9.93. The molecule has 0 aliphatic heterocycles. The first kappa shape index (κ1) is 28.1. The standard InChI is InChI=1S/C23H18ClNO6S.FHO3S/c1-25-16-11-14(30-2)9-10-15(16)20(23(26)27)21-17(25)12-18(32(24,28)29)22(31-3)19(21)13-7-5-4-6-8-13;1-5(2,3)4/h4-12H,1-3H3;(H,2,3,4). The van der Waals surface area contributed by atoms with Crippen molar-refractivity contribution < 1.29 is 49.2 Å². The summed E-state index contributed by atoms with van der Waals surface area (Å²) in [4.78, 5) is 12.3. The summed E-state index contributed by atoms with van der Waals surface area (Å²) in [5.41, 5.74) is 1.85. The third-order valence-corrected chi connectivity index (χ3v) is 6.74. The largest absolute Gasteiger partial charge is 0.722 e. The van der Waals surface area contributed by atoms with Gasteiger partial charge >= 0.3 is 5.97 Å². The Hall–Kier alpha value is -3.52. The molecule has 1 heterocycles. The lowest BCUT2D eigenvalue weighted by Gasteiger charge is -2.17. The van der Waals surface area contributed by atoms with Crippen LogP contribution in [0.1, 0.15) is 10.4 Å². The van der Waals surface area contributed by atoms with E-state index in [4.69, 9.17) is 33.1 Å². The Morgan fingerprint density at radius 1 is 1.00 bits per heavy atom. The van der Waals surface area contributed by atoms with Crippen LogP contribution in [0.4, 0.5) is 3.89 Å². The highest BCUT2D eigenvalue weighted by atomic mass is 35.7. The van der Waals surface area contributed by atoms with Gasteiger partial charge in [-0.05, 0) is 17.7 Å². The van der Waals surface area contributed by atoms with Crippen molar-refractivity contribution in [2.75, 3.05) is 14.2 Å². The Labute approximate surface area is 215 Å². The maximum absolute atomic E-state index is 12.5. The zero-order chi connectivity index (χ0) is 27.7.